The topological polar surface area (TPSA) is 40.5 Å². The first kappa shape index (κ1) is 16.5. The molecule has 5 heteroatoms. The Balaban J connectivity index is 3.01. The molecule has 106 valence electrons. The Morgan fingerprint density at radius 1 is 1.42 bits per heavy atom. The predicted octanol–water partition coefficient (Wildman–Crippen LogP) is 3.73. The molecular formula is C14H19BrClNO2. The summed E-state index contributed by atoms with van der Waals surface area (Å²) in [5.74, 6) is -0.0693. The highest BCUT2D eigenvalue weighted by Gasteiger charge is 2.22. The maximum absolute atomic E-state index is 12.5. The third-order valence-corrected chi connectivity index (χ3v) is 4.37. The lowest BCUT2D eigenvalue weighted by Gasteiger charge is -2.30. The number of benzene rings is 1. The van der Waals surface area contributed by atoms with E-state index < -0.39 is 0 Å². The summed E-state index contributed by atoms with van der Waals surface area (Å²) in [6, 6.07) is 5.27. The summed E-state index contributed by atoms with van der Waals surface area (Å²) in [4.78, 5) is 14.2. The molecule has 1 aromatic carbocycles. The van der Waals surface area contributed by atoms with Crippen molar-refractivity contribution in [1.29, 1.82) is 0 Å². The Morgan fingerprint density at radius 3 is 2.53 bits per heavy atom. The minimum absolute atomic E-state index is 0.0308. The molecule has 19 heavy (non-hydrogen) atoms. The van der Waals surface area contributed by atoms with E-state index in [4.69, 9.17) is 16.7 Å². The second-order valence-electron chi connectivity index (χ2n) is 4.32. The Kier molecular flexibility index (Phi) is 6.83. The van der Waals surface area contributed by atoms with Crippen LogP contribution in [0.3, 0.4) is 0 Å². The van der Waals surface area contributed by atoms with E-state index in [-0.39, 0.29) is 18.6 Å². The summed E-state index contributed by atoms with van der Waals surface area (Å²) < 4.78 is 0.702. The molecule has 0 saturated carbocycles. The summed E-state index contributed by atoms with van der Waals surface area (Å²) in [6.45, 7) is 4.41. The first-order valence-corrected chi connectivity index (χ1v) is 7.59. The Hall–Kier alpha value is -0.580. The van der Waals surface area contributed by atoms with Gasteiger partial charge in [0, 0.05) is 22.6 Å². The van der Waals surface area contributed by atoms with Crippen LogP contribution in [0.4, 0.5) is 0 Å². The minimum Gasteiger partial charge on any atom is -0.395 e. The highest BCUT2D eigenvalue weighted by atomic mass is 79.9. The van der Waals surface area contributed by atoms with E-state index in [0.717, 1.165) is 12.8 Å². The first-order chi connectivity index (χ1) is 9.04. The Bertz CT molecular complexity index is 435. The first-order valence-electron chi connectivity index (χ1n) is 6.42. The number of carbonyl (C=O) groups excluding carboxylic acids is 1. The molecule has 1 N–H and O–H groups in total. The van der Waals surface area contributed by atoms with Crippen molar-refractivity contribution in [3.05, 3.63) is 33.3 Å². The lowest BCUT2D eigenvalue weighted by molar-refractivity contribution is 0.0622. The molecule has 3 nitrogen and oxygen atoms in total. The lowest BCUT2D eigenvalue weighted by atomic mass is 10.1. The zero-order chi connectivity index (χ0) is 14.4. The molecule has 0 aliphatic rings. The van der Waals surface area contributed by atoms with E-state index in [1.807, 2.05) is 13.8 Å². The number of carbonyl (C=O) groups is 1. The third-order valence-electron chi connectivity index (χ3n) is 3.15. The average Bonchev–Trinajstić information content (AvgIpc) is 2.41. The van der Waals surface area contributed by atoms with Gasteiger partial charge in [-0.3, -0.25) is 4.79 Å². The fourth-order valence-electron chi connectivity index (χ4n) is 2.08. The van der Waals surface area contributed by atoms with Gasteiger partial charge in [-0.1, -0.05) is 25.4 Å². The van der Waals surface area contributed by atoms with Crippen LogP contribution in [0.15, 0.2) is 22.7 Å². The molecule has 0 unspecified atom stereocenters. The molecule has 1 amide bonds. The van der Waals surface area contributed by atoms with Gasteiger partial charge in [-0.2, -0.15) is 0 Å². The summed E-state index contributed by atoms with van der Waals surface area (Å²) >= 11 is 9.25. The van der Waals surface area contributed by atoms with E-state index in [2.05, 4.69) is 15.9 Å². The largest absolute Gasteiger partial charge is 0.395 e. The molecular weight excluding hydrogens is 330 g/mol. The van der Waals surface area contributed by atoms with Crippen molar-refractivity contribution in [1.82, 2.24) is 4.90 Å². The molecule has 0 heterocycles. The van der Waals surface area contributed by atoms with Crippen molar-refractivity contribution in [3.63, 3.8) is 0 Å². The van der Waals surface area contributed by atoms with Gasteiger partial charge in [0.2, 0.25) is 0 Å². The molecule has 0 aliphatic carbocycles. The van der Waals surface area contributed by atoms with Gasteiger partial charge in [0.15, 0.2) is 0 Å². The van der Waals surface area contributed by atoms with Crippen LogP contribution in [-0.4, -0.2) is 35.1 Å². The fourth-order valence-corrected chi connectivity index (χ4v) is 2.58. The van der Waals surface area contributed by atoms with Crippen LogP contribution in [0.2, 0.25) is 5.02 Å². The quantitative estimate of drug-likeness (QED) is 0.851. The number of hydrogen-bond acceptors (Lipinski definition) is 2. The number of hydrogen-bond donors (Lipinski definition) is 1. The van der Waals surface area contributed by atoms with Crippen LogP contribution in [0.25, 0.3) is 0 Å². The lowest BCUT2D eigenvalue weighted by Crippen LogP contribution is -2.41. The number of aliphatic hydroxyl groups is 1. The number of aliphatic hydroxyl groups excluding tert-OH is 1. The highest BCUT2D eigenvalue weighted by molar-refractivity contribution is 9.10. The normalized spacial score (nSPS) is 10.8. The van der Waals surface area contributed by atoms with Gasteiger partial charge in [-0.05, 0) is 47.0 Å². The Labute approximate surface area is 127 Å². The van der Waals surface area contributed by atoms with E-state index in [1.54, 1.807) is 23.1 Å². The Morgan fingerprint density at radius 2 is 2.05 bits per heavy atom. The molecule has 0 aromatic heterocycles. The van der Waals surface area contributed by atoms with Crippen LogP contribution in [0.5, 0.6) is 0 Å². The van der Waals surface area contributed by atoms with Crippen molar-refractivity contribution in [3.8, 4) is 0 Å². The van der Waals surface area contributed by atoms with Crippen molar-refractivity contribution < 1.29 is 9.90 Å². The van der Waals surface area contributed by atoms with Crippen LogP contribution >= 0.6 is 27.5 Å². The highest BCUT2D eigenvalue weighted by Crippen LogP contribution is 2.24. The molecule has 0 atom stereocenters. The van der Waals surface area contributed by atoms with Gasteiger partial charge in [0.1, 0.15) is 0 Å². The molecule has 0 aliphatic heterocycles. The van der Waals surface area contributed by atoms with Crippen molar-refractivity contribution >= 4 is 33.4 Å². The molecule has 1 aromatic rings. The van der Waals surface area contributed by atoms with Crippen LogP contribution in [0, 0.1) is 0 Å². The number of rotatable bonds is 6. The number of nitrogens with zero attached hydrogens (tertiary/aromatic N) is 1. The van der Waals surface area contributed by atoms with Crippen LogP contribution < -0.4 is 0 Å². The zero-order valence-electron chi connectivity index (χ0n) is 11.2. The van der Waals surface area contributed by atoms with E-state index in [9.17, 15) is 4.79 Å². The zero-order valence-corrected chi connectivity index (χ0v) is 13.5. The van der Waals surface area contributed by atoms with Gasteiger partial charge < -0.3 is 10.0 Å². The number of amides is 1. The molecule has 1 rings (SSSR count). The van der Waals surface area contributed by atoms with Gasteiger partial charge in [-0.25, -0.2) is 0 Å². The van der Waals surface area contributed by atoms with Crippen molar-refractivity contribution in [2.75, 3.05) is 13.2 Å². The average molecular weight is 349 g/mol. The summed E-state index contributed by atoms with van der Waals surface area (Å²) in [6.07, 6.45) is 1.74. The monoisotopic (exact) mass is 347 g/mol. The van der Waals surface area contributed by atoms with Crippen molar-refractivity contribution in [2.45, 2.75) is 32.7 Å². The van der Waals surface area contributed by atoms with Gasteiger partial charge in [0.25, 0.3) is 5.91 Å². The molecule has 0 bridgehead atoms. The molecule has 0 fully saturated rings. The van der Waals surface area contributed by atoms with Crippen LogP contribution in [0.1, 0.15) is 37.0 Å². The molecule has 0 spiro atoms. The molecule has 0 radical (unpaired) electrons. The standard InChI is InChI=1S/C14H19BrClNO2/c1-3-11(4-2)17(7-8-18)14(19)10-5-6-13(16)12(15)9-10/h5-6,9,11,18H,3-4,7-8H2,1-2H3. The van der Waals surface area contributed by atoms with Gasteiger partial charge in [0.05, 0.1) is 11.6 Å². The number of halogens is 2. The predicted molar refractivity (Wildman–Crippen MR) is 81.6 cm³/mol. The second-order valence-corrected chi connectivity index (χ2v) is 5.58. The minimum atomic E-state index is -0.0693. The SMILES string of the molecule is CCC(CC)N(CCO)C(=O)c1ccc(Cl)c(Br)c1. The summed E-state index contributed by atoms with van der Waals surface area (Å²) in [5.41, 5.74) is 0.580. The summed E-state index contributed by atoms with van der Waals surface area (Å²) in [5, 5.41) is 9.72. The van der Waals surface area contributed by atoms with Crippen LogP contribution in [-0.2, 0) is 0 Å². The van der Waals surface area contributed by atoms with E-state index >= 15 is 0 Å². The maximum atomic E-state index is 12.5. The fraction of sp³-hybridized carbons (Fsp3) is 0.500. The maximum Gasteiger partial charge on any atom is 0.254 e. The van der Waals surface area contributed by atoms with E-state index in [0.29, 0.717) is 21.6 Å². The van der Waals surface area contributed by atoms with Gasteiger partial charge in [-0.15, -0.1) is 0 Å². The smallest absolute Gasteiger partial charge is 0.254 e. The van der Waals surface area contributed by atoms with Crippen molar-refractivity contribution in [2.24, 2.45) is 0 Å². The third kappa shape index (κ3) is 4.20. The van der Waals surface area contributed by atoms with E-state index in [1.165, 1.54) is 0 Å². The van der Waals surface area contributed by atoms with Gasteiger partial charge >= 0.3 is 0 Å². The second kappa shape index (κ2) is 7.88. The molecule has 0 saturated heterocycles. The summed E-state index contributed by atoms with van der Waals surface area (Å²) in [7, 11) is 0.